The first-order valence-electron chi connectivity index (χ1n) is 6.90. The number of aliphatic hydroxyl groups excluding tert-OH is 1. The zero-order chi connectivity index (χ0) is 15.4. The lowest BCUT2D eigenvalue weighted by Crippen LogP contribution is -2.02. The summed E-state index contributed by atoms with van der Waals surface area (Å²) in [7, 11) is 0. The van der Waals surface area contributed by atoms with Crippen LogP contribution in [0.5, 0.6) is 5.75 Å². The fourth-order valence-electron chi connectivity index (χ4n) is 2.08. The third-order valence-corrected chi connectivity index (χ3v) is 4.39. The van der Waals surface area contributed by atoms with Gasteiger partial charge in [-0.2, -0.15) is 0 Å². The zero-order valence-corrected chi connectivity index (χ0v) is 14.4. The summed E-state index contributed by atoms with van der Waals surface area (Å²) in [6.45, 7) is 4.66. The van der Waals surface area contributed by atoms with Gasteiger partial charge >= 0.3 is 0 Å². The van der Waals surface area contributed by atoms with E-state index in [0.717, 1.165) is 27.8 Å². The Balaban J connectivity index is 2.29. The minimum Gasteiger partial charge on any atom is -0.492 e. The monoisotopic (exact) mass is 368 g/mol. The van der Waals surface area contributed by atoms with Crippen LogP contribution in [0.4, 0.5) is 0 Å². The topological polar surface area (TPSA) is 29.5 Å². The van der Waals surface area contributed by atoms with Crippen molar-refractivity contribution in [2.24, 2.45) is 0 Å². The van der Waals surface area contributed by atoms with Gasteiger partial charge in [-0.25, -0.2) is 0 Å². The molecule has 1 N–H and O–H groups in total. The number of hydrogen-bond acceptors (Lipinski definition) is 2. The highest BCUT2D eigenvalue weighted by molar-refractivity contribution is 9.10. The van der Waals surface area contributed by atoms with E-state index in [1.54, 1.807) is 0 Å². The number of rotatable bonds is 5. The first-order chi connectivity index (χ1) is 10.0. The molecule has 112 valence electrons. The van der Waals surface area contributed by atoms with E-state index >= 15 is 0 Å². The maximum atomic E-state index is 10.5. The van der Waals surface area contributed by atoms with E-state index in [1.807, 2.05) is 43.3 Å². The predicted octanol–water partition coefficient (Wildman–Crippen LogP) is 5.28. The Morgan fingerprint density at radius 1 is 1.29 bits per heavy atom. The Kier molecular flexibility index (Phi) is 5.68. The van der Waals surface area contributed by atoms with E-state index in [-0.39, 0.29) is 0 Å². The molecule has 0 aromatic heterocycles. The van der Waals surface area contributed by atoms with Gasteiger partial charge in [-0.15, -0.1) is 0 Å². The highest BCUT2D eigenvalue weighted by atomic mass is 79.9. The van der Waals surface area contributed by atoms with Crippen molar-refractivity contribution in [1.29, 1.82) is 0 Å². The largest absolute Gasteiger partial charge is 0.492 e. The third kappa shape index (κ3) is 3.79. The molecule has 0 heterocycles. The van der Waals surface area contributed by atoms with Crippen LogP contribution in [-0.2, 0) is 0 Å². The maximum absolute atomic E-state index is 10.5. The molecule has 0 aliphatic rings. The van der Waals surface area contributed by atoms with Crippen molar-refractivity contribution in [3.63, 3.8) is 0 Å². The second kappa shape index (κ2) is 7.30. The second-order valence-corrected chi connectivity index (χ2v) is 6.15. The molecule has 2 nitrogen and oxygen atoms in total. The van der Waals surface area contributed by atoms with Crippen molar-refractivity contribution < 1.29 is 9.84 Å². The van der Waals surface area contributed by atoms with Gasteiger partial charge in [0.25, 0.3) is 0 Å². The minimum absolute atomic E-state index is 0.604. The molecule has 2 rings (SSSR count). The zero-order valence-electron chi connectivity index (χ0n) is 12.1. The molecule has 0 fully saturated rings. The van der Waals surface area contributed by atoms with Crippen molar-refractivity contribution in [1.82, 2.24) is 0 Å². The molecule has 2 aromatic rings. The lowest BCUT2D eigenvalue weighted by Gasteiger charge is -2.16. The molecule has 1 atom stereocenters. The Labute approximate surface area is 138 Å². The van der Waals surface area contributed by atoms with Crippen LogP contribution in [-0.4, -0.2) is 11.7 Å². The Hall–Kier alpha value is -1.03. The van der Waals surface area contributed by atoms with Crippen molar-refractivity contribution in [2.45, 2.75) is 26.4 Å². The Morgan fingerprint density at radius 3 is 2.71 bits per heavy atom. The maximum Gasteiger partial charge on any atom is 0.133 e. The molecular formula is C17H18BrClO2. The molecule has 0 saturated heterocycles. The van der Waals surface area contributed by atoms with Gasteiger partial charge in [0.15, 0.2) is 0 Å². The van der Waals surface area contributed by atoms with E-state index in [2.05, 4.69) is 22.9 Å². The standard InChI is InChI=1S/C17H18BrClO2/c1-3-9-21-15-8-7-12(10-14(15)18)17(20)13-6-4-5-11(2)16(13)19/h4-8,10,17,20H,3,9H2,1-2H3. The number of aliphatic hydroxyl groups is 1. The number of hydrogen-bond donors (Lipinski definition) is 1. The van der Waals surface area contributed by atoms with Crippen molar-refractivity contribution >= 4 is 27.5 Å². The van der Waals surface area contributed by atoms with Crippen LogP contribution < -0.4 is 4.74 Å². The highest BCUT2D eigenvalue weighted by Crippen LogP contribution is 2.34. The number of benzene rings is 2. The van der Waals surface area contributed by atoms with Crippen LogP contribution in [0.1, 0.15) is 36.1 Å². The lowest BCUT2D eigenvalue weighted by atomic mass is 10.00. The molecule has 0 bridgehead atoms. The Morgan fingerprint density at radius 2 is 2.05 bits per heavy atom. The van der Waals surface area contributed by atoms with Crippen LogP contribution in [0.3, 0.4) is 0 Å². The van der Waals surface area contributed by atoms with Crippen molar-refractivity contribution in [2.75, 3.05) is 6.61 Å². The summed E-state index contributed by atoms with van der Waals surface area (Å²) in [5.41, 5.74) is 2.44. The fraction of sp³-hybridized carbons (Fsp3) is 0.294. The Bertz CT molecular complexity index is 628. The van der Waals surface area contributed by atoms with E-state index in [1.165, 1.54) is 0 Å². The molecule has 4 heteroatoms. The number of aryl methyl sites for hydroxylation is 1. The average molecular weight is 370 g/mol. The summed E-state index contributed by atoms with van der Waals surface area (Å²) in [5, 5.41) is 11.1. The molecule has 0 radical (unpaired) electrons. The summed E-state index contributed by atoms with van der Waals surface area (Å²) in [6, 6.07) is 11.3. The fourth-order valence-corrected chi connectivity index (χ4v) is 2.82. The van der Waals surface area contributed by atoms with Gasteiger partial charge in [0, 0.05) is 10.6 Å². The van der Waals surface area contributed by atoms with Gasteiger partial charge in [-0.05, 0) is 52.5 Å². The molecule has 0 saturated carbocycles. The van der Waals surface area contributed by atoms with E-state index < -0.39 is 6.10 Å². The minimum atomic E-state index is -0.756. The highest BCUT2D eigenvalue weighted by Gasteiger charge is 2.16. The SMILES string of the molecule is CCCOc1ccc(C(O)c2cccc(C)c2Cl)cc1Br. The molecule has 0 aliphatic heterocycles. The summed E-state index contributed by atoms with van der Waals surface area (Å²) in [4.78, 5) is 0. The summed E-state index contributed by atoms with van der Waals surface area (Å²) < 4.78 is 6.44. The molecule has 0 amide bonds. The smallest absolute Gasteiger partial charge is 0.133 e. The van der Waals surface area contributed by atoms with Gasteiger partial charge in [-0.3, -0.25) is 0 Å². The predicted molar refractivity (Wildman–Crippen MR) is 90.2 cm³/mol. The average Bonchev–Trinajstić information content (AvgIpc) is 2.48. The molecule has 21 heavy (non-hydrogen) atoms. The summed E-state index contributed by atoms with van der Waals surface area (Å²) in [6.07, 6.45) is 0.198. The van der Waals surface area contributed by atoms with Crippen molar-refractivity contribution in [3.05, 3.63) is 62.6 Å². The van der Waals surface area contributed by atoms with E-state index in [0.29, 0.717) is 17.2 Å². The summed E-state index contributed by atoms with van der Waals surface area (Å²) in [5.74, 6) is 0.781. The summed E-state index contributed by atoms with van der Waals surface area (Å²) >= 11 is 9.76. The molecule has 1 unspecified atom stereocenters. The van der Waals surface area contributed by atoms with Gasteiger partial charge < -0.3 is 9.84 Å². The first kappa shape index (κ1) is 16.3. The number of ether oxygens (including phenoxy) is 1. The quantitative estimate of drug-likeness (QED) is 0.777. The molecule has 0 spiro atoms. The van der Waals surface area contributed by atoms with Crippen LogP contribution in [0.25, 0.3) is 0 Å². The second-order valence-electron chi connectivity index (χ2n) is 4.92. The van der Waals surface area contributed by atoms with E-state index in [9.17, 15) is 5.11 Å². The van der Waals surface area contributed by atoms with E-state index in [4.69, 9.17) is 16.3 Å². The van der Waals surface area contributed by atoms with Crippen molar-refractivity contribution in [3.8, 4) is 5.75 Å². The number of halogens is 2. The van der Waals surface area contributed by atoms with Crippen LogP contribution in [0, 0.1) is 6.92 Å². The van der Waals surface area contributed by atoms with Gasteiger partial charge in [0.05, 0.1) is 11.1 Å². The van der Waals surface area contributed by atoms with Crippen LogP contribution in [0.2, 0.25) is 5.02 Å². The molecule has 0 aliphatic carbocycles. The van der Waals surface area contributed by atoms with Crippen LogP contribution >= 0.6 is 27.5 Å². The van der Waals surface area contributed by atoms with Crippen LogP contribution in [0.15, 0.2) is 40.9 Å². The van der Waals surface area contributed by atoms with Gasteiger partial charge in [0.2, 0.25) is 0 Å². The van der Waals surface area contributed by atoms with Gasteiger partial charge in [0.1, 0.15) is 11.9 Å². The molecular weight excluding hydrogens is 352 g/mol. The third-order valence-electron chi connectivity index (χ3n) is 3.25. The first-order valence-corrected chi connectivity index (χ1v) is 8.07. The van der Waals surface area contributed by atoms with Gasteiger partial charge in [-0.1, -0.05) is 42.8 Å². The normalized spacial score (nSPS) is 12.2. The lowest BCUT2D eigenvalue weighted by molar-refractivity contribution is 0.220. The molecule has 2 aromatic carbocycles.